The van der Waals surface area contributed by atoms with Crippen LogP contribution in [0.5, 0.6) is 5.75 Å². The Labute approximate surface area is 165 Å². The van der Waals surface area contributed by atoms with Crippen molar-refractivity contribution >= 4 is 21.4 Å². The van der Waals surface area contributed by atoms with Crippen LogP contribution in [0.2, 0.25) is 0 Å². The Hall–Kier alpha value is -3.06. The molecule has 0 radical (unpaired) electrons. The topological polar surface area (TPSA) is 80.3 Å². The van der Waals surface area contributed by atoms with Crippen molar-refractivity contribution in [3.63, 3.8) is 0 Å². The molecule has 6 nitrogen and oxygen atoms in total. The predicted molar refractivity (Wildman–Crippen MR) is 111 cm³/mol. The van der Waals surface area contributed by atoms with Crippen LogP contribution >= 0.6 is 0 Å². The first-order chi connectivity index (χ1) is 13.3. The zero-order valence-electron chi connectivity index (χ0n) is 15.8. The largest absolute Gasteiger partial charge is 0.486 e. The van der Waals surface area contributed by atoms with E-state index in [2.05, 4.69) is 15.0 Å². The lowest BCUT2D eigenvalue weighted by atomic mass is 10.1. The van der Waals surface area contributed by atoms with Gasteiger partial charge in [0.25, 0.3) is 10.0 Å². The van der Waals surface area contributed by atoms with Crippen molar-refractivity contribution in [1.29, 1.82) is 0 Å². The van der Waals surface area contributed by atoms with E-state index in [9.17, 15) is 8.42 Å². The maximum atomic E-state index is 12.5. The normalized spacial score (nSPS) is 11.6. The Morgan fingerprint density at radius 1 is 0.929 bits per heavy atom. The van der Waals surface area contributed by atoms with Crippen molar-refractivity contribution in [3.8, 4) is 5.75 Å². The highest BCUT2D eigenvalue weighted by atomic mass is 32.2. The maximum absolute atomic E-state index is 12.5. The van der Waals surface area contributed by atoms with E-state index in [-0.39, 0.29) is 4.90 Å². The maximum Gasteiger partial charge on any atom is 0.261 e. The fourth-order valence-corrected chi connectivity index (χ4v) is 3.65. The second-order valence-corrected chi connectivity index (χ2v) is 8.58. The van der Waals surface area contributed by atoms with Crippen LogP contribution < -0.4 is 14.8 Å². The average molecular weight is 398 g/mol. The molecule has 1 heterocycles. The van der Waals surface area contributed by atoms with Gasteiger partial charge in [-0.1, -0.05) is 24.3 Å². The first kappa shape index (κ1) is 19.7. The smallest absolute Gasteiger partial charge is 0.261 e. The van der Waals surface area contributed by atoms with Gasteiger partial charge in [-0.25, -0.2) is 8.42 Å². The van der Waals surface area contributed by atoms with E-state index in [1.54, 1.807) is 67.0 Å². The zero-order chi connectivity index (χ0) is 20.0. The molecule has 2 N–H and O–H groups in total. The van der Waals surface area contributed by atoms with E-state index in [1.165, 1.54) is 0 Å². The highest BCUT2D eigenvalue weighted by Gasteiger charge is 2.20. The molecule has 3 rings (SSSR count). The molecular weight excluding hydrogens is 374 g/mol. The predicted octanol–water partition coefficient (Wildman–Crippen LogP) is 4.15. The Kier molecular flexibility index (Phi) is 5.84. The van der Waals surface area contributed by atoms with Gasteiger partial charge in [0.1, 0.15) is 11.4 Å². The number of hydrogen-bond acceptors (Lipinski definition) is 5. The van der Waals surface area contributed by atoms with Gasteiger partial charge in [-0.15, -0.1) is 0 Å². The SMILES string of the molecule is CC(C)(CNc1ccncc1)Oc1cccc(NS(=O)(=O)c2ccccc2)c1. The number of pyridine rings is 1. The van der Waals surface area contributed by atoms with E-state index < -0.39 is 15.6 Å². The number of benzene rings is 2. The standard InChI is InChI=1S/C21H23N3O3S/c1-21(2,16-23-17-11-13-22-14-12-17)27-19-8-6-7-18(15-19)24-28(25,26)20-9-4-3-5-10-20/h3-15,24H,16H2,1-2H3,(H,22,23). The molecule has 0 saturated heterocycles. The minimum atomic E-state index is -3.64. The third kappa shape index (κ3) is 5.47. The Balaban J connectivity index is 1.67. The average Bonchev–Trinajstić information content (AvgIpc) is 2.68. The van der Waals surface area contributed by atoms with Crippen LogP contribution in [-0.2, 0) is 10.0 Å². The van der Waals surface area contributed by atoms with Crippen molar-refractivity contribution in [3.05, 3.63) is 79.1 Å². The molecule has 28 heavy (non-hydrogen) atoms. The van der Waals surface area contributed by atoms with E-state index in [4.69, 9.17) is 4.74 Å². The van der Waals surface area contributed by atoms with Gasteiger partial charge < -0.3 is 10.1 Å². The highest BCUT2D eigenvalue weighted by Crippen LogP contribution is 2.24. The third-order valence-corrected chi connectivity index (χ3v) is 5.33. The van der Waals surface area contributed by atoms with Gasteiger partial charge in [-0.3, -0.25) is 9.71 Å². The second kappa shape index (κ2) is 8.31. The quantitative estimate of drug-likeness (QED) is 0.597. The number of anilines is 2. The van der Waals surface area contributed by atoms with Crippen molar-refractivity contribution in [2.75, 3.05) is 16.6 Å². The number of sulfonamides is 1. The number of ether oxygens (including phenoxy) is 1. The molecule has 0 atom stereocenters. The van der Waals surface area contributed by atoms with Crippen LogP contribution in [-0.4, -0.2) is 25.5 Å². The summed E-state index contributed by atoms with van der Waals surface area (Å²) in [5.74, 6) is 0.579. The van der Waals surface area contributed by atoms with E-state index in [0.717, 1.165) is 5.69 Å². The van der Waals surface area contributed by atoms with Crippen LogP contribution in [0.15, 0.2) is 84.0 Å². The molecule has 0 aliphatic carbocycles. The van der Waals surface area contributed by atoms with E-state index in [1.807, 2.05) is 26.0 Å². The Morgan fingerprint density at radius 3 is 2.36 bits per heavy atom. The van der Waals surface area contributed by atoms with Gasteiger partial charge in [0.15, 0.2) is 0 Å². The fraction of sp³-hybridized carbons (Fsp3) is 0.190. The summed E-state index contributed by atoms with van der Waals surface area (Å²) in [5.41, 5.74) is 0.885. The van der Waals surface area contributed by atoms with Crippen molar-refractivity contribution < 1.29 is 13.2 Å². The van der Waals surface area contributed by atoms with Crippen LogP contribution in [0.1, 0.15) is 13.8 Å². The minimum Gasteiger partial charge on any atom is -0.486 e. The molecule has 7 heteroatoms. The van der Waals surface area contributed by atoms with Gasteiger partial charge in [-0.05, 0) is 50.2 Å². The minimum absolute atomic E-state index is 0.211. The first-order valence-corrected chi connectivity index (χ1v) is 10.3. The number of rotatable bonds is 8. The molecule has 146 valence electrons. The van der Waals surface area contributed by atoms with Gasteiger partial charge in [0.05, 0.1) is 17.1 Å². The summed E-state index contributed by atoms with van der Waals surface area (Å²) in [4.78, 5) is 4.20. The summed E-state index contributed by atoms with van der Waals surface area (Å²) < 4.78 is 33.6. The number of hydrogen-bond donors (Lipinski definition) is 2. The summed E-state index contributed by atoms with van der Waals surface area (Å²) in [6.45, 7) is 4.49. The number of nitrogens with one attached hydrogen (secondary N) is 2. The molecule has 3 aromatic rings. The van der Waals surface area contributed by atoms with Crippen LogP contribution in [0.4, 0.5) is 11.4 Å². The van der Waals surface area contributed by atoms with Gasteiger partial charge >= 0.3 is 0 Å². The Bertz CT molecular complexity index is 1010. The molecular formula is C21H23N3O3S. The summed E-state index contributed by atoms with van der Waals surface area (Å²) in [6, 6.07) is 18.9. The summed E-state index contributed by atoms with van der Waals surface area (Å²) >= 11 is 0. The molecule has 0 fully saturated rings. The van der Waals surface area contributed by atoms with E-state index >= 15 is 0 Å². The third-order valence-electron chi connectivity index (χ3n) is 3.93. The number of aromatic nitrogens is 1. The molecule has 2 aromatic carbocycles. The first-order valence-electron chi connectivity index (χ1n) is 8.85. The van der Waals surface area contributed by atoms with Crippen LogP contribution in [0.25, 0.3) is 0 Å². The number of nitrogens with zero attached hydrogens (tertiary/aromatic N) is 1. The summed E-state index contributed by atoms with van der Waals surface area (Å²) in [6.07, 6.45) is 3.44. The molecule has 1 aromatic heterocycles. The van der Waals surface area contributed by atoms with Crippen LogP contribution in [0.3, 0.4) is 0 Å². The lowest BCUT2D eigenvalue weighted by Gasteiger charge is -2.27. The molecule has 0 aliphatic heterocycles. The van der Waals surface area contributed by atoms with Crippen molar-refractivity contribution in [1.82, 2.24) is 4.98 Å². The highest BCUT2D eigenvalue weighted by molar-refractivity contribution is 7.92. The molecule has 0 bridgehead atoms. The van der Waals surface area contributed by atoms with Crippen LogP contribution in [0, 0.1) is 0 Å². The summed E-state index contributed by atoms with van der Waals surface area (Å²) in [7, 11) is -3.64. The molecule has 0 saturated carbocycles. The molecule has 0 spiro atoms. The van der Waals surface area contributed by atoms with Gasteiger partial charge in [0, 0.05) is 24.1 Å². The molecule has 0 unspecified atom stereocenters. The molecule has 0 amide bonds. The van der Waals surface area contributed by atoms with E-state index in [0.29, 0.717) is 18.0 Å². The lowest BCUT2D eigenvalue weighted by molar-refractivity contribution is 0.123. The molecule has 0 aliphatic rings. The Morgan fingerprint density at radius 2 is 1.64 bits per heavy atom. The second-order valence-electron chi connectivity index (χ2n) is 6.90. The summed E-state index contributed by atoms with van der Waals surface area (Å²) in [5, 5.41) is 3.30. The van der Waals surface area contributed by atoms with Gasteiger partial charge in [0.2, 0.25) is 0 Å². The van der Waals surface area contributed by atoms with Gasteiger partial charge in [-0.2, -0.15) is 0 Å². The van der Waals surface area contributed by atoms with Crippen molar-refractivity contribution in [2.24, 2.45) is 0 Å². The monoisotopic (exact) mass is 397 g/mol. The lowest BCUT2D eigenvalue weighted by Crippen LogP contribution is -2.36. The van der Waals surface area contributed by atoms with Crippen molar-refractivity contribution in [2.45, 2.75) is 24.3 Å². The fourth-order valence-electron chi connectivity index (χ4n) is 2.58. The zero-order valence-corrected chi connectivity index (χ0v) is 16.6.